The van der Waals surface area contributed by atoms with Crippen LogP contribution in [0.2, 0.25) is 0 Å². The summed E-state index contributed by atoms with van der Waals surface area (Å²) in [6.45, 7) is 4.06. The Morgan fingerprint density at radius 3 is 2.48 bits per heavy atom. The fourth-order valence-corrected chi connectivity index (χ4v) is 4.25. The molecule has 3 rings (SSSR count). The summed E-state index contributed by atoms with van der Waals surface area (Å²) in [4.78, 5) is 16.1. The Morgan fingerprint density at radius 1 is 1.16 bits per heavy atom. The van der Waals surface area contributed by atoms with Crippen LogP contribution < -0.4 is 5.32 Å². The molecule has 0 saturated carbocycles. The van der Waals surface area contributed by atoms with E-state index in [4.69, 9.17) is 9.84 Å². The summed E-state index contributed by atoms with van der Waals surface area (Å²) in [5.41, 5.74) is 0.709. The van der Waals surface area contributed by atoms with Gasteiger partial charge >= 0.3 is 0 Å². The van der Waals surface area contributed by atoms with Crippen LogP contribution in [0.5, 0.6) is 0 Å². The van der Waals surface area contributed by atoms with Crippen molar-refractivity contribution in [2.75, 3.05) is 38.7 Å². The number of aliphatic hydroxyl groups is 1. The first-order valence-electron chi connectivity index (χ1n) is 9.22. The van der Waals surface area contributed by atoms with Gasteiger partial charge in [0.2, 0.25) is 0 Å². The lowest BCUT2D eigenvalue weighted by Gasteiger charge is -2.39. The highest BCUT2D eigenvalue weighted by Gasteiger charge is 2.27. The lowest BCUT2D eigenvalue weighted by Crippen LogP contribution is -2.49. The van der Waals surface area contributed by atoms with E-state index >= 15 is 0 Å². The van der Waals surface area contributed by atoms with E-state index in [0.717, 1.165) is 56.9 Å². The third-order valence-electron chi connectivity index (χ3n) is 5.05. The van der Waals surface area contributed by atoms with Gasteiger partial charge in [0.05, 0.1) is 6.61 Å². The number of benzene rings is 1. The van der Waals surface area contributed by atoms with Crippen LogP contribution in [0.1, 0.15) is 36.0 Å². The monoisotopic (exact) mass is 364 g/mol. The van der Waals surface area contributed by atoms with E-state index in [1.54, 1.807) is 11.8 Å². The predicted molar refractivity (Wildman–Crippen MR) is 100 cm³/mol. The zero-order valence-corrected chi connectivity index (χ0v) is 15.5. The number of piperidine rings is 1. The number of nitrogens with zero attached hydrogens (tertiary/aromatic N) is 1. The van der Waals surface area contributed by atoms with Gasteiger partial charge in [0.25, 0.3) is 5.91 Å². The predicted octanol–water partition coefficient (Wildman–Crippen LogP) is 2.14. The van der Waals surface area contributed by atoms with Gasteiger partial charge in [0.1, 0.15) is 0 Å². The summed E-state index contributed by atoms with van der Waals surface area (Å²) in [5.74, 6) is 0.695. The molecule has 0 spiro atoms. The molecule has 0 aliphatic carbocycles. The molecule has 0 radical (unpaired) electrons. The molecule has 0 unspecified atom stereocenters. The quantitative estimate of drug-likeness (QED) is 0.758. The molecule has 2 N–H and O–H groups in total. The van der Waals surface area contributed by atoms with Crippen LogP contribution >= 0.6 is 11.8 Å². The Labute approximate surface area is 154 Å². The summed E-state index contributed by atoms with van der Waals surface area (Å²) in [6.07, 6.45) is 4.32. The minimum atomic E-state index is 0.0169. The van der Waals surface area contributed by atoms with Gasteiger partial charge in [0.15, 0.2) is 0 Å². The van der Waals surface area contributed by atoms with E-state index in [-0.39, 0.29) is 18.6 Å². The number of aliphatic hydroxyl groups excluding tert-OH is 1. The molecule has 1 aromatic carbocycles. The van der Waals surface area contributed by atoms with Gasteiger partial charge in [-0.15, -0.1) is 11.8 Å². The minimum absolute atomic E-state index is 0.0169. The average molecular weight is 365 g/mol. The van der Waals surface area contributed by atoms with E-state index in [2.05, 4.69) is 10.2 Å². The first-order valence-corrected chi connectivity index (χ1v) is 10.2. The highest BCUT2D eigenvalue weighted by Crippen LogP contribution is 2.21. The summed E-state index contributed by atoms with van der Waals surface area (Å²) in [7, 11) is 0. The van der Waals surface area contributed by atoms with Crippen molar-refractivity contribution in [3.63, 3.8) is 0 Å². The fraction of sp³-hybridized carbons (Fsp3) is 0.632. The van der Waals surface area contributed by atoms with Gasteiger partial charge in [-0.1, -0.05) is 0 Å². The smallest absolute Gasteiger partial charge is 0.251 e. The molecule has 1 aromatic rings. The maximum Gasteiger partial charge on any atom is 0.251 e. The maximum atomic E-state index is 12.4. The van der Waals surface area contributed by atoms with E-state index < -0.39 is 0 Å². The Bertz CT molecular complexity index is 538. The van der Waals surface area contributed by atoms with Gasteiger partial charge in [-0.05, 0) is 49.9 Å². The van der Waals surface area contributed by atoms with Gasteiger partial charge in [-0.25, -0.2) is 0 Å². The second-order valence-corrected chi connectivity index (χ2v) is 7.89. The standard InChI is InChI=1S/C19H28N2O3S/c22-11-14-25-18-3-1-15(2-4-18)19(23)20-16-5-9-21(10-6-16)17-7-12-24-13-8-17/h1-4,16-17,22H,5-14H2,(H,20,23). The Kier molecular flexibility index (Phi) is 7.16. The first-order chi connectivity index (χ1) is 12.3. The first kappa shape index (κ1) is 18.7. The normalized spacial score (nSPS) is 20.5. The molecule has 2 saturated heterocycles. The number of carbonyl (C=O) groups is 1. The van der Waals surface area contributed by atoms with E-state index in [1.807, 2.05) is 24.3 Å². The zero-order chi connectivity index (χ0) is 17.5. The molecule has 2 heterocycles. The number of nitrogens with one attached hydrogen (secondary N) is 1. The maximum absolute atomic E-state index is 12.4. The molecule has 0 atom stereocenters. The SMILES string of the molecule is O=C(NC1CCN(C2CCOCC2)CC1)c1ccc(SCCO)cc1. The molecule has 0 aromatic heterocycles. The molecule has 138 valence electrons. The highest BCUT2D eigenvalue weighted by atomic mass is 32.2. The Hall–Kier alpha value is -1.08. The van der Waals surface area contributed by atoms with E-state index in [1.165, 1.54) is 0 Å². The highest BCUT2D eigenvalue weighted by molar-refractivity contribution is 7.99. The molecule has 0 bridgehead atoms. The summed E-state index contributed by atoms with van der Waals surface area (Å²) < 4.78 is 5.45. The second-order valence-electron chi connectivity index (χ2n) is 6.72. The molecule has 1 amide bonds. The van der Waals surface area contributed by atoms with Gasteiger partial charge < -0.3 is 20.1 Å². The van der Waals surface area contributed by atoms with Crippen LogP contribution in [-0.4, -0.2) is 66.7 Å². The molecule has 2 aliphatic rings. The van der Waals surface area contributed by atoms with Crippen molar-refractivity contribution in [2.24, 2.45) is 0 Å². The average Bonchev–Trinajstić information content (AvgIpc) is 2.68. The Morgan fingerprint density at radius 2 is 1.84 bits per heavy atom. The topological polar surface area (TPSA) is 61.8 Å². The van der Waals surface area contributed by atoms with Crippen molar-refractivity contribution in [1.82, 2.24) is 10.2 Å². The third kappa shape index (κ3) is 5.45. The minimum Gasteiger partial charge on any atom is -0.396 e. The van der Waals surface area contributed by atoms with E-state index in [0.29, 0.717) is 17.4 Å². The number of thioether (sulfide) groups is 1. The zero-order valence-electron chi connectivity index (χ0n) is 14.7. The number of carbonyl (C=O) groups excluding carboxylic acids is 1. The van der Waals surface area contributed by atoms with Crippen LogP contribution in [0.3, 0.4) is 0 Å². The van der Waals surface area contributed by atoms with Crippen molar-refractivity contribution >= 4 is 17.7 Å². The van der Waals surface area contributed by atoms with Gasteiger partial charge in [-0.2, -0.15) is 0 Å². The van der Waals surface area contributed by atoms with Crippen LogP contribution in [0.4, 0.5) is 0 Å². The van der Waals surface area contributed by atoms with Crippen LogP contribution in [-0.2, 0) is 4.74 Å². The number of rotatable bonds is 6. The molecular weight excluding hydrogens is 336 g/mol. The van der Waals surface area contributed by atoms with Crippen LogP contribution in [0, 0.1) is 0 Å². The fourth-order valence-electron chi connectivity index (χ4n) is 3.59. The number of amides is 1. The molecule has 6 heteroatoms. The third-order valence-corrected chi connectivity index (χ3v) is 6.04. The van der Waals surface area contributed by atoms with Crippen molar-refractivity contribution in [1.29, 1.82) is 0 Å². The summed E-state index contributed by atoms with van der Waals surface area (Å²) in [6, 6.07) is 8.56. The molecule has 2 aliphatic heterocycles. The van der Waals surface area contributed by atoms with Crippen molar-refractivity contribution in [3.8, 4) is 0 Å². The van der Waals surface area contributed by atoms with Crippen molar-refractivity contribution in [3.05, 3.63) is 29.8 Å². The number of likely N-dealkylation sites (tertiary alicyclic amines) is 1. The molecular formula is C19H28N2O3S. The summed E-state index contributed by atoms with van der Waals surface area (Å²) >= 11 is 1.59. The molecule has 25 heavy (non-hydrogen) atoms. The van der Waals surface area contributed by atoms with E-state index in [9.17, 15) is 4.79 Å². The van der Waals surface area contributed by atoms with Gasteiger partial charge in [0, 0.05) is 54.6 Å². The van der Waals surface area contributed by atoms with Crippen molar-refractivity contribution in [2.45, 2.75) is 42.7 Å². The second kappa shape index (κ2) is 9.57. The molecule has 5 nitrogen and oxygen atoms in total. The number of hydrogen-bond acceptors (Lipinski definition) is 5. The Balaban J connectivity index is 1.44. The summed E-state index contributed by atoms with van der Waals surface area (Å²) in [5, 5.41) is 12.0. The number of ether oxygens (including phenoxy) is 1. The van der Waals surface area contributed by atoms with Crippen LogP contribution in [0.25, 0.3) is 0 Å². The van der Waals surface area contributed by atoms with Gasteiger partial charge in [-0.3, -0.25) is 4.79 Å². The lowest BCUT2D eigenvalue weighted by atomic mass is 9.99. The van der Waals surface area contributed by atoms with Crippen LogP contribution in [0.15, 0.2) is 29.2 Å². The van der Waals surface area contributed by atoms with Crippen molar-refractivity contribution < 1.29 is 14.6 Å². The molecule has 2 fully saturated rings. The largest absolute Gasteiger partial charge is 0.396 e. The lowest BCUT2D eigenvalue weighted by molar-refractivity contribution is 0.0238. The number of hydrogen-bond donors (Lipinski definition) is 2.